The van der Waals surface area contributed by atoms with E-state index >= 15 is 0 Å². The molecule has 30 heavy (non-hydrogen) atoms. The molecule has 0 aliphatic heterocycles. The van der Waals surface area contributed by atoms with Crippen LogP contribution in [-0.4, -0.2) is 51.7 Å². The highest BCUT2D eigenvalue weighted by atomic mass is 32.2. The van der Waals surface area contributed by atoms with Gasteiger partial charge in [-0.25, -0.2) is 4.99 Å². The summed E-state index contributed by atoms with van der Waals surface area (Å²) in [7, 11) is 0. The van der Waals surface area contributed by atoms with Gasteiger partial charge in [-0.1, -0.05) is 25.6 Å². The second-order valence-electron chi connectivity index (χ2n) is 8.02. The molecule has 8 nitrogen and oxygen atoms in total. The lowest BCUT2D eigenvalue weighted by Gasteiger charge is -2.19. The molecule has 1 unspecified atom stereocenters. The molecule has 2 rings (SSSR count). The fourth-order valence-corrected chi connectivity index (χ4v) is 3.56. The van der Waals surface area contributed by atoms with Crippen LogP contribution in [0.15, 0.2) is 26.7 Å². The molecule has 0 fully saturated rings. The second kappa shape index (κ2) is 11.4. The van der Waals surface area contributed by atoms with Crippen LogP contribution in [-0.2, 0) is 18.6 Å². The number of furan rings is 1. The van der Waals surface area contributed by atoms with Gasteiger partial charge in [0.25, 0.3) is 0 Å². The van der Waals surface area contributed by atoms with Gasteiger partial charge in [-0.05, 0) is 51.5 Å². The SMILES string of the molecule is CCNC(=NCC(C)(O)c1ccc(C)o1)NCCCc1nnc(SC)n1CC(C)C. The van der Waals surface area contributed by atoms with Gasteiger partial charge in [-0.3, -0.25) is 0 Å². The first-order valence-corrected chi connectivity index (χ1v) is 11.8. The van der Waals surface area contributed by atoms with E-state index in [1.807, 2.05) is 26.2 Å². The standard InChI is InChI=1S/C21H36N6O2S/c1-7-22-19(24-14-21(5,28)17-11-10-16(4)29-17)23-12-8-9-18-25-26-20(30-6)27(18)13-15(2)3/h10-11,15,28H,7-9,12-14H2,1-6H3,(H2,22,23,24). The van der Waals surface area contributed by atoms with Crippen molar-refractivity contribution >= 4 is 17.7 Å². The number of nitrogens with one attached hydrogen (secondary N) is 2. The number of aliphatic hydroxyl groups is 1. The highest BCUT2D eigenvalue weighted by Crippen LogP contribution is 2.23. The molecule has 0 radical (unpaired) electrons. The Kier molecular flexibility index (Phi) is 9.23. The lowest BCUT2D eigenvalue weighted by Crippen LogP contribution is -2.39. The van der Waals surface area contributed by atoms with Crippen molar-refractivity contribution in [2.45, 2.75) is 64.8 Å². The van der Waals surface area contributed by atoms with Crippen LogP contribution in [0, 0.1) is 12.8 Å². The molecular formula is C21H36N6O2S. The van der Waals surface area contributed by atoms with Gasteiger partial charge < -0.3 is 24.7 Å². The lowest BCUT2D eigenvalue weighted by molar-refractivity contribution is 0.0428. The molecule has 0 saturated carbocycles. The zero-order valence-corrected chi connectivity index (χ0v) is 19.8. The molecule has 2 heterocycles. The fraction of sp³-hybridized carbons (Fsp3) is 0.667. The van der Waals surface area contributed by atoms with Gasteiger partial charge in [0.1, 0.15) is 22.9 Å². The van der Waals surface area contributed by atoms with Crippen LogP contribution in [0.2, 0.25) is 0 Å². The minimum absolute atomic E-state index is 0.203. The number of thioether (sulfide) groups is 1. The van der Waals surface area contributed by atoms with Crippen LogP contribution in [0.1, 0.15) is 51.5 Å². The average molecular weight is 437 g/mol. The van der Waals surface area contributed by atoms with Crippen LogP contribution < -0.4 is 10.6 Å². The van der Waals surface area contributed by atoms with Crippen molar-refractivity contribution in [3.63, 3.8) is 0 Å². The van der Waals surface area contributed by atoms with Crippen molar-refractivity contribution in [2.75, 3.05) is 25.9 Å². The van der Waals surface area contributed by atoms with Crippen molar-refractivity contribution in [1.82, 2.24) is 25.4 Å². The van der Waals surface area contributed by atoms with Crippen molar-refractivity contribution in [3.8, 4) is 0 Å². The van der Waals surface area contributed by atoms with E-state index in [0.717, 1.165) is 49.2 Å². The third-order valence-corrected chi connectivity index (χ3v) is 5.22. The predicted molar refractivity (Wildman–Crippen MR) is 122 cm³/mol. The van der Waals surface area contributed by atoms with Gasteiger partial charge in [-0.15, -0.1) is 10.2 Å². The molecule has 2 aromatic rings. The number of aromatic nitrogens is 3. The quantitative estimate of drug-likeness (QED) is 0.215. The minimum atomic E-state index is -1.15. The molecule has 0 aliphatic rings. The molecule has 0 aromatic carbocycles. The van der Waals surface area contributed by atoms with Crippen molar-refractivity contribution in [3.05, 3.63) is 29.5 Å². The summed E-state index contributed by atoms with van der Waals surface area (Å²) in [6.45, 7) is 12.6. The van der Waals surface area contributed by atoms with E-state index in [1.165, 1.54) is 0 Å². The summed E-state index contributed by atoms with van der Waals surface area (Å²) in [5, 5.41) is 26.9. The van der Waals surface area contributed by atoms with Crippen molar-refractivity contribution < 1.29 is 9.52 Å². The Hall–Kier alpha value is -2.00. The summed E-state index contributed by atoms with van der Waals surface area (Å²) in [6, 6.07) is 3.64. The Labute approximate surface area is 183 Å². The third-order valence-electron chi connectivity index (χ3n) is 4.55. The van der Waals surface area contributed by atoms with Gasteiger partial charge in [-0.2, -0.15) is 0 Å². The molecule has 0 amide bonds. The average Bonchev–Trinajstić information content (AvgIpc) is 3.29. The van der Waals surface area contributed by atoms with Crippen molar-refractivity contribution in [2.24, 2.45) is 10.9 Å². The molecule has 0 bridgehead atoms. The highest BCUT2D eigenvalue weighted by Gasteiger charge is 2.26. The van der Waals surface area contributed by atoms with E-state index in [0.29, 0.717) is 17.6 Å². The number of nitrogens with zero attached hydrogens (tertiary/aromatic N) is 4. The first-order chi connectivity index (χ1) is 14.3. The number of aliphatic imine (C=N–C) groups is 1. The number of guanidine groups is 1. The van der Waals surface area contributed by atoms with Gasteiger partial charge in [0.2, 0.25) is 0 Å². The first-order valence-electron chi connectivity index (χ1n) is 10.5. The monoisotopic (exact) mass is 436 g/mol. The minimum Gasteiger partial charge on any atom is -0.463 e. The van der Waals surface area contributed by atoms with Crippen molar-refractivity contribution in [1.29, 1.82) is 0 Å². The summed E-state index contributed by atoms with van der Waals surface area (Å²) in [5.41, 5.74) is -1.15. The van der Waals surface area contributed by atoms with Crippen LogP contribution >= 0.6 is 11.8 Å². The van der Waals surface area contributed by atoms with Gasteiger partial charge >= 0.3 is 0 Å². The molecule has 0 saturated heterocycles. The van der Waals surface area contributed by atoms with Gasteiger partial charge in [0, 0.05) is 26.1 Å². The van der Waals surface area contributed by atoms with Crippen LogP contribution in [0.25, 0.3) is 0 Å². The maximum absolute atomic E-state index is 10.7. The molecule has 168 valence electrons. The number of rotatable bonds is 11. The first kappa shape index (κ1) is 24.3. The van der Waals surface area contributed by atoms with E-state index in [1.54, 1.807) is 24.8 Å². The predicted octanol–water partition coefficient (Wildman–Crippen LogP) is 2.95. The van der Waals surface area contributed by atoms with E-state index in [-0.39, 0.29) is 6.54 Å². The van der Waals surface area contributed by atoms with Crippen LogP contribution in [0.4, 0.5) is 0 Å². The summed E-state index contributed by atoms with van der Waals surface area (Å²) in [4.78, 5) is 4.54. The van der Waals surface area contributed by atoms with Crippen LogP contribution in [0.3, 0.4) is 0 Å². The Morgan fingerprint density at radius 1 is 1.33 bits per heavy atom. The smallest absolute Gasteiger partial charge is 0.191 e. The lowest BCUT2D eigenvalue weighted by atomic mass is 10.0. The van der Waals surface area contributed by atoms with Gasteiger partial charge in [0.05, 0.1) is 6.54 Å². The largest absolute Gasteiger partial charge is 0.463 e. The Balaban J connectivity index is 1.91. The fourth-order valence-electron chi connectivity index (χ4n) is 3.03. The summed E-state index contributed by atoms with van der Waals surface area (Å²) >= 11 is 1.63. The van der Waals surface area contributed by atoms with E-state index in [9.17, 15) is 5.11 Å². The van der Waals surface area contributed by atoms with Crippen LogP contribution in [0.5, 0.6) is 0 Å². The van der Waals surface area contributed by atoms with E-state index in [4.69, 9.17) is 4.42 Å². The zero-order chi connectivity index (χ0) is 22.1. The second-order valence-corrected chi connectivity index (χ2v) is 8.79. The maximum atomic E-state index is 10.7. The number of aryl methyl sites for hydroxylation is 2. The van der Waals surface area contributed by atoms with E-state index < -0.39 is 5.60 Å². The molecule has 1 atom stereocenters. The number of hydrogen-bond donors (Lipinski definition) is 3. The maximum Gasteiger partial charge on any atom is 0.191 e. The molecule has 9 heteroatoms. The van der Waals surface area contributed by atoms with E-state index in [2.05, 4.69) is 44.2 Å². The molecule has 0 spiro atoms. The molecule has 2 aromatic heterocycles. The Morgan fingerprint density at radius 2 is 2.10 bits per heavy atom. The molecule has 3 N–H and O–H groups in total. The normalized spacial score (nSPS) is 14.2. The van der Waals surface area contributed by atoms with Gasteiger partial charge in [0.15, 0.2) is 11.1 Å². The summed E-state index contributed by atoms with van der Waals surface area (Å²) in [5.74, 6) is 3.53. The summed E-state index contributed by atoms with van der Waals surface area (Å²) < 4.78 is 7.78. The zero-order valence-electron chi connectivity index (χ0n) is 19.0. The molecular weight excluding hydrogens is 400 g/mol. The third kappa shape index (κ3) is 7.05. The highest BCUT2D eigenvalue weighted by molar-refractivity contribution is 7.98. The molecule has 0 aliphatic carbocycles. The topological polar surface area (TPSA) is 100 Å². The Morgan fingerprint density at radius 3 is 2.70 bits per heavy atom. The summed E-state index contributed by atoms with van der Waals surface area (Å²) in [6.07, 6.45) is 3.78. The Bertz CT molecular complexity index is 812. The number of hydrogen-bond acceptors (Lipinski definition) is 6.